The fraction of sp³-hybridized carbons (Fsp3) is 0.143. The number of methoxy groups -OCH3 is 1. The molecule has 1 heterocycles. The molecule has 0 saturated carbocycles. The Balaban J connectivity index is 1.70. The van der Waals surface area contributed by atoms with Crippen LogP contribution in [0.3, 0.4) is 0 Å². The number of carbonyl (C=O) groups excluding carboxylic acids is 2. The summed E-state index contributed by atoms with van der Waals surface area (Å²) in [7, 11) is 1.50. The number of hydrogen-bond donors (Lipinski definition) is 0. The summed E-state index contributed by atoms with van der Waals surface area (Å²) in [6.45, 7) is 1.65. The topological polar surface area (TPSA) is 52.6 Å². The first-order valence-electron chi connectivity index (χ1n) is 8.18. The van der Waals surface area contributed by atoms with Gasteiger partial charge in [0.15, 0.2) is 12.4 Å². The van der Waals surface area contributed by atoms with Crippen molar-refractivity contribution >= 4 is 34.7 Å². The summed E-state index contributed by atoms with van der Waals surface area (Å²) in [6.07, 6.45) is 0. The molecule has 0 unspecified atom stereocenters. The van der Waals surface area contributed by atoms with Crippen molar-refractivity contribution in [2.75, 3.05) is 13.7 Å². The lowest BCUT2D eigenvalue weighted by atomic mass is 10.1. The van der Waals surface area contributed by atoms with E-state index in [1.54, 1.807) is 12.1 Å². The highest BCUT2D eigenvalue weighted by molar-refractivity contribution is 7.12. The Morgan fingerprint density at radius 2 is 1.81 bits per heavy atom. The lowest BCUT2D eigenvalue weighted by Crippen LogP contribution is -2.14. The minimum atomic E-state index is -0.520. The molecular weight excluding hydrogens is 384 g/mol. The number of carbonyl (C=O) groups is 2. The van der Waals surface area contributed by atoms with Gasteiger partial charge in [0, 0.05) is 11.1 Å². The molecule has 138 valence electrons. The molecule has 0 amide bonds. The lowest BCUT2D eigenvalue weighted by molar-refractivity contribution is 0.0480. The van der Waals surface area contributed by atoms with Crippen molar-refractivity contribution in [2.24, 2.45) is 0 Å². The van der Waals surface area contributed by atoms with E-state index in [4.69, 9.17) is 21.1 Å². The number of Topliss-reactive ketones (excluding diaryl/α,β-unsaturated/α-hetero) is 1. The molecule has 0 bridgehead atoms. The quantitative estimate of drug-likeness (QED) is 0.409. The van der Waals surface area contributed by atoms with Gasteiger partial charge in [0.1, 0.15) is 10.6 Å². The number of aryl methyl sites for hydroxylation is 1. The van der Waals surface area contributed by atoms with E-state index < -0.39 is 5.97 Å². The molecule has 0 aliphatic rings. The predicted octanol–water partition coefficient (Wildman–Crippen LogP) is 5.43. The number of ketones is 1. The molecule has 2 aromatic carbocycles. The molecule has 1 aromatic heterocycles. The third kappa shape index (κ3) is 4.38. The standard InChI is InChI=1S/C21H17ClO4S/c1-13-3-5-14(6-4-13)16-9-10-27-20(16)21(24)26-12-18(23)15-7-8-19(25-2)17(22)11-15/h3-11H,12H2,1-2H3. The number of esters is 1. The summed E-state index contributed by atoms with van der Waals surface area (Å²) in [5.74, 6) is -0.374. The van der Waals surface area contributed by atoms with E-state index in [-0.39, 0.29) is 12.4 Å². The van der Waals surface area contributed by atoms with E-state index in [1.807, 2.05) is 42.6 Å². The number of ether oxygens (including phenoxy) is 2. The van der Waals surface area contributed by atoms with Gasteiger partial charge in [-0.3, -0.25) is 4.79 Å². The van der Waals surface area contributed by atoms with Gasteiger partial charge in [0.25, 0.3) is 0 Å². The fourth-order valence-corrected chi connectivity index (χ4v) is 3.61. The first-order chi connectivity index (χ1) is 13.0. The van der Waals surface area contributed by atoms with Crippen LogP contribution in [0.1, 0.15) is 25.6 Å². The zero-order valence-corrected chi connectivity index (χ0v) is 16.4. The molecule has 0 fully saturated rings. The highest BCUT2D eigenvalue weighted by atomic mass is 35.5. The summed E-state index contributed by atoms with van der Waals surface area (Å²) in [5.41, 5.74) is 3.23. The summed E-state index contributed by atoms with van der Waals surface area (Å²) < 4.78 is 10.3. The van der Waals surface area contributed by atoms with Gasteiger partial charge in [-0.15, -0.1) is 11.3 Å². The summed E-state index contributed by atoms with van der Waals surface area (Å²) in [5, 5.41) is 2.16. The maximum atomic E-state index is 12.5. The van der Waals surface area contributed by atoms with Crippen molar-refractivity contribution in [1.82, 2.24) is 0 Å². The summed E-state index contributed by atoms with van der Waals surface area (Å²) in [4.78, 5) is 25.2. The Labute approximate surface area is 166 Å². The molecule has 3 aromatic rings. The third-order valence-corrected chi connectivity index (χ3v) is 5.21. The molecule has 0 atom stereocenters. The fourth-order valence-electron chi connectivity index (χ4n) is 2.55. The summed E-state index contributed by atoms with van der Waals surface area (Å²) >= 11 is 7.32. The Bertz CT molecular complexity index is 976. The van der Waals surface area contributed by atoms with Crippen LogP contribution >= 0.6 is 22.9 Å². The van der Waals surface area contributed by atoms with Gasteiger partial charge in [-0.1, -0.05) is 41.4 Å². The van der Waals surface area contributed by atoms with Crippen LogP contribution in [0.5, 0.6) is 5.75 Å². The zero-order chi connectivity index (χ0) is 19.4. The SMILES string of the molecule is COc1ccc(C(=O)COC(=O)c2sccc2-c2ccc(C)cc2)cc1Cl. The average molecular weight is 401 g/mol. The smallest absolute Gasteiger partial charge is 0.349 e. The van der Waals surface area contributed by atoms with Crippen LogP contribution in [-0.4, -0.2) is 25.5 Å². The van der Waals surface area contributed by atoms with Crippen LogP contribution in [0.15, 0.2) is 53.9 Å². The molecule has 3 rings (SSSR count). The predicted molar refractivity (Wildman–Crippen MR) is 107 cm³/mol. The molecule has 0 radical (unpaired) electrons. The molecule has 0 aliphatic carbocycles. The Hall–Kier alpha value is -2.63. The van der Waals surface area contributed by atoms with Crippen LogP contribution < -0.4 is 4.74 Å². The highest BCUT2D eigenvalue weighted by Gasteiger charge is 2.18. The Kier molecular flexibility index (Phi) is 5.94. The zero-order valence-electron chi connectivity index (χ0n) is 14.8. The van der Waals surface area contributed by atoms with Crippen molar-refractivity contribution in [3.05, 3.63) is 74.9 Å². The largest absolute Gasteiger partial charge is 0.495 e. The molecule has 27 heavy (non-hydrogen) atoms. The normalized spacial score (nSPS) is 10.5. The lowest BCUT2D eigenvalue weighted by Gasteiger charge is -2.07. The van der Waals surface area contributed by atoms with Gasteiger partial charge in [0.05, 0.1) is 12.1 Å². The van der Waals surface area contributed by atoms with Crippen molar-refractivity contribution in [1.29, 1.82) is 0 Å². The van der Waals surface area contributed by atoms with Crippen LogP contribution in [0.2, 0.25) is 5.02 Å². The highest BCUT2D eigenvalue weighted by Crippen LogP contribution is 2.29. The van der Waals surface area contributed by atoms with Crippen molar-refractivity contribution in [3.63, 3.8) is 0 Å². The molecule has 0 N–H and O–H groups in total. The molecular formula is C21H17ClO4S. The minimum absolute atomic E-state index is 0.328. The first kappa shape index (κ1) is 19.1. The average Bonchev–Trinajstić information content (AvgIpc) is 3.16. The van der Waals surface area contributed by atoms with Gasteiger partial charge in [0.2, 0.25) is 0 Å². The second kappa shape index (κ2) is 8.37. The van der Waals surface area contributed by atoms with Gasteiger partial charge in [-0.25, -0.2) is 4.79 Å². The monoisotopic (exact) mass is 400 g/mol. The third-order valence-electron chi connectivity index (χ3n) is 4.02. The molecule has 6 heteroatoms. The van der Waals surface area contributed by atoms with Crippen molar-refractivity contribution < 1.29 is 19.1 Å². The number of thiophene rings is 1. The number of benzene rings is 2. The van der Waals surface area contributed by atoms with Gasteiger partial charge < -0.3 is 9.47 Å². The molecule has 4 nitrogen and oxygen atoms in total. The van der Waals surface area contributed by atoms with Crippen LogP contribution in [0, 0.1) is 6.92 Å². The van der Waals surface area contributed by atoms with Crippen LogP contribution in [0.4, 0.5) is 0 Å². The second-order valence-electron chi connectivity index (χ2n) is 5.88. The Morgan fingerprint density at radius 1 is 1.07 bits per heavy atom. The van der Waals surface area contributed by atoms with Crippen LogP contribution in [0.25, 0.3) is 11.1 Å². The van der Waals surface area contributed by atoms with Crippen LogP contribution in [-0.2, 0) is 4.74 Å². The minimum Gasteiger partial charge on any atom is -0.495 e. The maximum absolute atomic E-state index is 12.5. The van der Waals surface area contributed by atoms with Gasteiger partial charge in [-0.2, -0.15) is 0 Å². The van der Waals surface area contributed by atoms with E-state index in [0.29, 0.717) is 21.2 Å². The van der Waals surface area contributed by atoms with E-state index in [2.05, 4.69) is 0 Å². The summed E-state index contributed by atoms with van der Waals surface area (Å²) in [6, 6.07) is 14.4. The molecule has 0 aliphatic heterocycles. The van der Waals surface area contributed by atoms with E-state index in [0.717, 1.165) is 16.7 Å². The van der Waals surface area contributed by atoms with E-state index >= 15 is 0 Å². The van der Waals surface area contributed by atoms with Crippen molar-refractivity contribution in [3.8, 4) is 16.9 Å². The van der Waals surface area contributed by atoms with Gasteiger partial charge in [-0.05, 0) is 42.1 Å². The Morgan fingerprint density at radius 3 is 2.48 bits per heavy atom. The maximum Gasteiger partial charge on any atom is 0.349 e. The van der Waals surface area contributed by atoms with E-state index in [9.17, 15) is 9.59 Å². The van der Waals surface area contributed by atoms with Gasteiger partial charge >= 0.3 is 5.97 Å². The van der Waals surface area contributed by atoms with Crippen molar-refractivity contribution in [2.45, 2.75) is 6.92 Å². The molecule has 0 spiro atoms. The number of rotatable bonds is 6. The second-order valence-corrected chi connectivity index (χ2v) is 7.20. The number of halogens is 1. The van der Waals surface area contributed by atoms with E-state index in [1.165, 1.54) is 24.5 Å². The first-order valence-corrected chi connectivity index (χ1v) is 9.43. The molecule has 0 saturated heterocycles. The number of hydrogen-bond acceptors (Lipinski definition) is 5.